The van der Waals surface area contributed by atoms with Crippen LogP contribution in [0.4, 0.5) is 13.2 Å². The van der Waals surface area contributed by atoms with Crippen molar-refractivity contribution in [3.63, 3.8) is 0 Å². The molecule has 0 radical (unpaired) electrons. The largest absolute Gasteiger partial charge is 0.741 e. The average molecular weight is 397 g/mol. The lowest BCUT2D eigenvalue weighted by molar-refractivity contribution is -0.919. The molecule has 148 valence electrons. The lowest BCUT2D eigenvalue weighted by atomic mass is 10.1. The minimum absolute atomic E-state index is 0.355. The number of carbonyl (C=O) groups is 1. The van der Waals surface area contributed by atoms with E-state index in [4.69, 9.17) is 17.7 Å². The van der Waals surface area contributed by atoms with Crippen LogP contribution in [-0.2, 0) is 19.6 Å². The first-order valence-electron chi connectivity index (χ1n) is 7.41. The van der Waals surface area contributed by atoms with E-state index in [2.05, 4.69) is 39.7 Å². The van der Waals surface area contributed by atoms with Gasteiger partial charge in [-0.25, -0.2) is 13.2 Å². The molecule has 1 rings (SSSR count). The predicted molar refractivity (Wildman–Crippen MR) is 88.7 cm³/mol. The van der Waals surface area contributed by atoms with Crippen LogP contribution >= 0.6 is 0 Å². The highest BCUT2D eigenvalue weighted by Gasteiger charge is 2.36. The topological polar surface area (TPSA) is 83.5 Å². The van der Waals surface area contributed by atoms with E-state index in [0.717, 1.165) is 11.0 Å². The standard InChI is InChI=1S/C15H22NO2.CHF3O3S/c1-5-15(17)18-12-11-16(3,4)13(2)14-9-7-6-8-10-14;2-1(3,4)8(5,6)7/h5-10,13H,1,11-12H2,2-4H3;(H,5,6,7)/q+1;/p-1. The van der Waals surface area contributed by atoms with Gasteiger partial charge in [0.25, 0.3) is 0 Å². The summed E-state index contributed by atoms with van der Waals surface area (Å²) >= 11 is 0. The number of likely N-dealkylation sites (N-methyl/N-ethyl adjacent to an activating group) is 1. The fourth-order valence-corrected chi connectivity index (χ4v) is 1.77. The first kappa shape index (κ1) is 24.1. The summed E-state index contributed by atoms with van der Waals surface area (Å²) in [6.07, 6.45) is 1.20. The van der Waals surface area contributed by atoms with Gasteiger partial charge in [0.05, 0.1) is 14.1 Å². The molecule has 0 N–H and O–H groups in total. The zero-order valence-electron chi connectivity index (χ0n) is 14.7. The maximum atomic E-state index is 11.0. The Hall–Kier alpha value is -1.91. The quantitative estimate of drug-likeness (QED) is 0.242. The van der Waals surface area contributed by atoms with E-state index in [9.17, 15) is 18.0 Å². The highest BCUT2D eigenvalue weighted by molar-refractivity contribution is 7.86. The van der Waals surface area contributed by atoms with Crippen molar-refractivity contribution in [1.29, 1.82) is 0 Å². The summed E-state index contributed by atoms with van der Waals surface area (Å²) in [6, 6.07) is 10.7. The summed E-state index contributed by atoms with van der Waals surface area (Å²) in [5.74, 6) is -0.359. The number of quaternary nitrogens is 1. The smallest absolute Gasteiger partial charge is 0.485 e. The van der Waals surface area contributed by atoms with E-state index in [-0.39, 0.29) is 5.97 Å². The Bertz CT molecular complexity index is 688. The number of esters is 1. The van der Waals surface area contributed by atoms with E-state index >= 15 is 0 Å². The summed E-state index contributed by atoms with van der Waals surface area (Å²) in [5, 5.41) is 0. The second kappa shape index (κ2) is 9.70. The SMILES string of the molecule is C=CC(=O)OCC[N+](C)(C)C(C)c1ccccc1.O=S(=O)([O-])C(F)(F)F. The lowest BCUT2D eigenvalue weighted by Gasteiger charge is -2.36. The lowest BCUT2D eigenvalue weighted by Crippen LogP contribution is -2.44. The second-order valence-electron chi connectivity index (χ2n) is 5.86. The summed E-state index contributed by atoms with van der Waals surface area (Å²) in [6.45, 7) is 6.75. The van der Waals surface area contributed by atoms with Crippen molar-refractivity contribution in [2.45, 2.75) is 18.5 Å². The Morgan fingerprint density at radius 1 is 1.31 bits per heavy atom. The molecule has 1 aromatic carbocycles. The molecule has 1 atom stereocenters. The van der Waals surface area contributed by atoms with Crippen LogP contribution < -0.4 is 0 Å². The van der Waals surface area contributed by atoms with Gasteiger partial charge in [-0.05, 0) is 6.92 Å². The van der Waals surface area contributed by atoms with E-state index < -0.39 is 15.6 Å². The van der Waals surface area contributed by atoms with E-state index in [1.54, 1.807) is 0 Å². The maximum absolute atomic E-state index is 11.0. The number of carbonyl (C=O) groups excluding carboxylic acids is 1. The van der Waals surface area contributed by atoms with Gasteiger partial charge in [-0.2, -0.15) is 13.2 Å². The molecule has 10 heteroatoms. The Morgan fingerprint density at radius 2 is 1.77 bits per heavy atom. The van der Waals surface area contributed by atoms with Crippen LogP contribution in [0.2, 0.25) is 0 Å². The minimum Gasteiger partial charge on any atom is -0.741 e. The maximum Gasteiger partial charge on any atom is 0.485 e. The van der Waals surface area contributed by atoms with Gasteiger partial charge in [-0.1, -0.05) is 36.9 Å². The molecule has 1 unspecified atom stereocenters. The number of halogens is 3. The van der Waals surface area contributed by atoms with E-state index in [0.29, 0.717) is 12.6 Å². The predicted octanol–water partition coefficient (Wildman–Crippen LogP) is 2.60. The Labute approximate surface area is 151 Å². The summed E-state index contributed by atoms with van der Waals surface area (Å²) in [4.78, 5) is 11.0. The molecule has 0 aliphatic heterocycles. The molecule has 1 aromatic rings. The van der Waals surface area contributed by atoms with Gasteiger partial charge in [-0.15, -0.1) is 0 Å². The van der Waals surface area contributed by atoms with Crippen molar-refractivity contribution in [3.8, 4) is 0 Å². The van der Waals surface area contributed by atoms with Crippen LogP contribution in [0.15, 0.2) is 43.0 Å². The molecule has 0 bridgehead atoms. The van der Waals surface area contributed by atoms with Crippen LogP contribution in [0.25, 0.3) is 0 Å². The molecular formula is C16H22F3NO5S. The molecule has 26 heavy (non-hydrogen) atoms. The highest BCUT2D eigenvalue weighted by Crippen LogP contribution is 2.23. The third-order valence-corrected chi connectivity index (χ3v) is 4.26. The number of benzene rings is 1. The van der Waals surface area contributed by atoms with Crippen LogP contribution in [-0.4, -0.2) is 56.2 Å². The Morgan fingerprint density at radius 3 is 2.15 bits per heavy atom. The van der Waals surface area contributed by atoms with Gasteiger partial charge in [0.2, 0.25) is 0 Å². The molecule has 0 saturated heterocycles. The van der Waals surface area contributed by atoms with Crippen molar-refractivity contribution in [2.75, 3.05) is 27.2 Å². The van der Waals surface area contributed by atoms with Crippen molar-refractivity contribution in [3.05, 3.63) is 48.6 Å². The van der Waals surface area contributed by atoms with Gasteiger partial charge in [0.1, 0.15) is 19.2 Å². The number of hydrogen-bond donors (Lipinski definition) is 0. The van der Waals surface area contributed by atoms with Crippen LogP contribution in [0.3, 0.4) is 0 Å². The second-order valence-corrected chi connectivity index (χ2v) is 7.23. The third kappa shape index (κ3) is 8.45. The molecule has 0 saturated carbocycles. The van der Waals surface area contributed by atoms with Gasteiger partial charge in [0.15, 0.2) is 10.1 Å². The molecule has 0 fully saturated rings. The van der Waals surface area contributed by atoms with Crippen LogP contribution in [0.1, 0.15) is 18.5 Å². The molecular weight excluding hydrogens is 375 g/mol. The van der Waals surface area contributed by atoms with Crippen LogP contribution in [0.5, 0.6) is 0 Å². The summed E-state index contributed by atoms with van der Waals surface area (Å²) < 4.78 is 64.7. The molecule has 0 aliphatic carbocycles. The zero-order chi connectivity index (χ0) is 20.6. The Balaban J connectivity index is 0.000000660. The van der Waals surface area contributed by atoms with Crippen molar-refractivity contribution in [1.82, 2.24) is 0 Å². The van der Waals surface area contributed by atoms with Gasteiger partial charge in [-0.3, -0.25) is 0 Å². The first-order valence-corrected chi connectivity index (χ1v) is 8.82. The van der Waals surface area contributed by atoms with Crippen molar-refractivity contribution in [2.24, 2.45) is 0 Å². The van der Waals surface area contributed by atoms with Crippen molar-refractivity contribution < 1.29 is 40.2 Å². The monoisotopic (exact) mass is 397 g/mol. The molecule has 0 spiro atoms. The highest BCUT2D eigenvalue weighted by atomic mass is 32.2. The number of alkyl halides is 3. The van der Waals surface area contributed by atoms with Crippen molar-refractivity contribution >= 4 is 16.1 Å². The Kier molecular flexibility index (Phi) is 8.98. The normalized spacial score (nSPS) is 13.2. The third-order valence-electron chi connectivity index (χ3n) is 3.69. The molecule has 0 amide bonds. The fraction of sp³-hybridized carbons (Fsp3) is 0.438. The van der Waals surface area contributed by atoms with E-state index in [1.165, 1.54) is 11.6 Å². The van der Waals surface area contributed by atoms with Gasteiger partial charge in [0, 0.05) is 11.6 Å². The minimum atomic E-state index is -6.09. The molecule has 0 aliphatic rings. The van der Waals surface area contributed by atoms with E-state index in [1.807, 2.05) is 18.2 Å². The summed E-state index contributed by atoms with van der Waals surface area (Å²) in [5.41, 5.74) is -4.36. The van der Waals surface area contributed by atoms with Crippen LogP contribution in [0, 0.1) is 0 Å². The summed E-state index contributed by atoms with van der Waals surface area (Å²) in [7, 11) is -1.81. The number of hydrogen-bond acceptors (Lipinski definition) is 5. The fourth-order valence-electron chi connectivity index (χ4n) is 1.77. The molecule has 0 heterocycles. The van der Waals surface area contributed by atoms with Gasteiger partial charge < -0.3 is 13.8 Å². The molecule has 0 aromatic heterocycles. The number of nitrogens with zero attached hydrogens (tertiary/aromatic N) is 1. The zero-order valence-corrected chi connectivity index (χ0v) is 15.5. The molecule has 6 nitrogen and oxygen atoms in total. The average Bonchev–Trinajstić information content (AvgIpc) is 2.53. The number of ether oxygens (including phenoxy) is 1. The van der Waals surface area contributed by atoms with Gasteiger partial charge >= 0.3 is 11.5 Å². The number of rotatable bonds is 6. The first-order chi connectivity index (χ1) is 11.7.